The largest absolute Gasteiger partial charge is 0.377 e. The predicted octanol–water partition coefficient (Wildman–Crippen LogP) is 3.02. The topological polar surface area (TPSA) is 21.3 Å². The van der Waals surface area contributed by atoms with Gasteiger partial charge in [0.1, 0.15) is 0 Å². The first-order chi connectivity index (χ1) is 9.09. The van der Waals surface area contributed by atoms with Gasteiger partial charge in [0.2, 0.25) is 0 Å². The molecule has 1 saturated carbocycles. The quantitative estimate of drug-likeness (QED) is 0.897. The fraction of sp³-hybridized carbons (Fsp3) is 0.647. The van der Waals surface area contributed by atoms with Crippen LogP contribution < -0.4 is 5.32 Å². The molecule has 1 aromatic carbocycles. The summed E-state index contributed by atoms with van der Waals surface area (Å²) in [5.74, 6) is 0.730. The number of fused-ring (bicyclic) bond motifs is 1. The lowest BCUT2D eigenvalue weighted by Gasteiger charge is -2.55. The molecule has 0 bridgehead atoms. The maximum Gasteiger partial charge on any atom is 0.0685 e. The van der Waals surface area contributed by atoms with Crippen molar-refractivity contribution in [3.8, 4) is 0 Å². The van der Waals surface area contributed by atoms with Gasteiger partial charge >= 0.3 is 0 Å². The van der Waals surface area contributed by atoms with E-state index < -0.39 is 0 Å². The molecule has 0 spiro atoms. The van der Waals surface area contributed by atoms with E-state index in [2.05, 4.69) is 56.4 Å². The number of benzene rings is 1. The molecule has 4 unspecified atom stereocenters. The minimum Gasteiger partial charge on any atom is -0.377 e. The van der Waals surface area contributed by atoms with Crippen molar-refractivity contribution >= 4 is 0 Å². The van der Waals surface area contributed by atoms with Crippen LogP contribution in [0, 0.1) is 11.3 Å². The number of hydrogen-bond acceptors (Lipinski definition) is 2. The Balaban J connectivity index is 1.59. The number of rotatable bonds is 4. The van der Waals surface area contributed by atoms with Crippen LogP contribution in [0.3, 0.4) is 0 Å². The average molecular weight is 259 g/mol. The second kappa shape index (κ2) is 4.92. The SMILES string of the molecule is CC(Cc1ccccc1)NC1C2CCOC2C1(C)C. The third-order valence-corrected chi connectivity index (χ3v) is 4.95. The molecular weight excluding hydrogens is 234 g/mol. The van der Waals surface area contributed by atoms with E-state index in [0.717, 1.165) is 18.9 Å². The fourth-order valence-electron chi connectivity index (χ4n) is 4.00. The molecular formula is C17H25NO. The molecule has 2 nitrogen and oxygen atoms in total. The van der Waals surface area contributed by atoms with Crippen molar-refractivity contribution in [3.63, 3.8) is 0 Å². The minimum absolute atomic E-state index is 0.284. The summed E-state index contributed by atoms with van der Waals surface area (Å²) in [5, 5.41) is 3.85. The van der Waals surface area contributed by atoms with E-state index in [4.69, 9.17) is 4.74 Å². The summed E-state index contributed by atoms with van der Waals surface area (Å²) in [5.41, 5.74) is 1.70. The van der Waals surface area contributed by atoms with Crippen LogP contribution in [-0.4, -0.2) is 24.8 Å². The summed E-state index contributed by atoms with van der Waals surface area (Å²) in [7, 11) is 0. The van der Waals surface area contributed by atoms with Gasteiger partial charge < -0.3 is 10.1 Å². The van der Waals surface area contributed by atoms with Crippen LogP contribution in [0.25, 0.3) is 0 Å². The van der Waals surface area contributed by atoms with Gasteiger partial charge in [-0.1, -0.05) is 44.2 Å². The molecule has 0 amide bonds. The average Bonchev–Trinajstić information content (AvgIpc) is 2.84. The highest BCUT2D eigenvalue weighted by Crippen LogP contribution is 2.52. The van der Waals surface area contributed by atoms with Crippen LogP contribution in [0.1, 0.15) is 32.8 Å². The van der Waals surface area contributed by atoms with E-state index in [0.29, 0.717) is 18.2 Å². The van der Waals surface area contributed by atoms with Crippen LogP contribution >= 0.6 is 0 Å². The molecule has 0 radical (unpaired) electrons. The lowest BCUT2D eigenvalue weighted by Crippen LogP contribution is -2.67. The normalized spacial score (nSPS) is 33.5. The molecule has 0 aromatic heterocycles. The van der Waals surface area contributed by atoms with Crippen LogP contribution in [0.4, 0.5) is 0 Å². The Kier molecular flexibility index (Phi) is 3.40. The Labute approximate surface area is 116 Å². The molecule has 1 heterocycles. The molecule has 2 aliphatic rings. The first kappa shape index (κ1) is 13.1. The maximum atomic E-state index is 5.86. The van der Waals surface area contributed by atoms with Crippen molar-refractivity contribution in [2.45, 2.75) is 51.8 Å². The van der Waals surface area contributed by atoms with Crippen molar-refractivity contribution in [2.24, 2.45) is 11.3 Å². The molecule has 1 aliphatic carbocycles. The summed E-state index contributed by atoms with van der Waals surface area (Å²) in [6.45, 7) is 7.93. The summed E-state index contributed by atoms with van der Waals surface area (Å²) in [6, 6.07) is 11.9. The molecule has 1 N–H and O–H groups in total. The Morgan fingerprint density at radius 1 is 1.32 bits per heavy atom. The predicted molar refractivity (Wildman–Crippen MR) is 78.2 cm³/mol. The Morgan fingerprint density at radius 2 is 2.05 bits per heavy atom. The van der Waals surface area contributed by atoms with E-state index in [1.807, 2.05) is 0 Å². The zero-order valence-electron chi connectivity index (χ0n) is 12.2. The van der Waals surface area contributed by atoms with Crippen molar-refractivity contribution in [1.82, 2.24) is 5.32 Å². The van der Waals surface area contributed by atoms with Gasteiger partial charge in [0, 0.05) is 30.0 Å². The highest BCUT2D eigenvalue weighted by atomic mass is 16.5. The van der Waals surface area contributed by atoms with E-state index >= 15 is 0 Å². The maximum absolute atomic E-state index is 5.86. The van der Waals surface area contributed by atoms with Crippen LogP contribution in [-0.2, 0) is 11.2 Å². The minimum atomic E-state index is 0.284. The third kappa shape index (κ3) is 2.32. The molecule has 1 aromatic rings. The van der Waals surface area contributed by atoms with Crippen LogP contribution in [0.15, 0.2) is 30.3 Å². The first-order valence-corrected chi connectivity index (χ1v) is 7.50. The Morgan fingerprint density at radius 3 is 2.79 bits per heavy atom. The van der Waals surface area contributed by atoms with Crippen LogP contribution in [0.2, 0.25) is 0 Å². The molecule has 1 aliphatic heterocycles. The van der Waals surface area contributed by atoms with E-state index in [1.165, 1.54) is 12.0 Å². The Hall–Kier alpha value is -0.860. The van der Waals surface area contributed by atoms with Gasteiger partial charge in [0.25, 0.3) is 0 Å². The molecule has 3 rings (SSSR count). The second-order valence-corrected chi connectivity index (χ2v) is 6.80. The highest BCUT2D eigenvalue weighted by molar-refractivity contribution is 5.17. The lowest BCUT2D eigenvalue weighted by atomic mass is 9.57. The smallest absolute Gasteiger partial charge is 0.0685 e. The van der Waals surface area contributed by atoms with Crippen LogP contribution in [0.5, 0.6) is 0 Å². The zero-order chi connectivity index (χ0) is 13.5. The summed E-state index contributed by atoms with van der Waals surface area (Å²) < 4.78 is 5.86. The van der Waals surface area contributed by atoms with Gasteiger partial charge in [-0.3, -0.25) is 0 Å². The Bertz CT molecular complexity index is 428. The van der Waals surface area contributed by atoms with Gasteiger partial charge in [-0.05, 0) is 25.3 Å². The number of nitrogens with one attached hydrogen (secondary N) is 1. The van der Waals surface area contributed by atoms with E-state index in [9.17, 15) is 0 Å². The fourth-order valence-corrected chi connectivity index (χ4v) is 4.00. The molecule has 104 valence electrons. The first-order valence-electron chi connectivity index (χ1n) is 7.50. The summed E-state index contributed by atoms with van der Waals surface area (Å²) in [4.78, 5) is 0. The lowest BCUT2D eigenvalue weighted by molar-refractivity contribution is -0.115. The van der Waals surface area contributed by atoms with Gasteiger partial charge in [0.15, 0.2) is 0 Å². The van der Waals surface area contributed by atoms with Crippen molar-refractivity contribution in [3.05, 3.63) is 35.9 Å². The standard InChI is InChI=1S/C17H25NO/c1-12(11-13-7-5-4-6-8-13)18-15-14-9-10-19-16(14)17(15,2)3/h4-8,12,14-16,18H,9-11H2,1-3H3. The number of hydrogen-bond donors (Lipinski definition) is 1. The number of ether oxygens (including phenoxy) is 1. The third-order valence-electron chi connectivity index (χ3n) is 4.95. The van der Waals surface area contributed by atoms with Crippen molar-refractivity contribution in [2.75, 3.05) is 6.61 Å². The molecule has 2 heteroatoms. The van der Waals surface area contributed by atoms with Gasteiger partial charge in [-0.15, -0.1) is 0 Å². The van der Waals surface area contributed by atoms with Crippen molar-refractivity contribution in [1.29, 1.82) is 0 Å². The highest BCUT2D eigenvalue weighted by Gasteiger charge is 2.59. The molecule has 4 atom stereocenters. The molecule has 1 saturated heterocycles. The zero-order valence-corrected chi connectivity index (χ0v) is 12.2. The summed E-state index contributed by atoms with van der Waals surface area (Å²) in [6.07, 6.45) is 2.81. The molecule has 2 fully saturated rings. The van der Waals surface area contributed by atoms with Gasteiger partial charge in [-0.2, -0.15) is 0 Å². The monoisotopic (exact) mass is 259 g/mol. The summed E-state index contributed by atoms with van der Waals surface area (Å²) >= 11 is 0. The second-order valence-electron chi connectivity index (χ2n) is 6.80. The van der Waals surface area contributed by atoms with Gasteiger partial charge in [-0.25, -0.2) is 0 Å². The van der Waals surface area contributed by atoms with Crippen molar-refractivity contribution < 1.29 is 4.74 Å². The van der Waals surface area contributed by atoms with E-state index in [1.54, 1.807) is 0 Å². The molecule has 19 heavy (non-hydrogen) atoms. The van der Waals surface area contributed by atoms with E-state index in [-0.39, 0.29) is 5.41 Å². The van der Waals surface area contributed by atoms with Gasteiger partial charge in [0.05, 0.1) is 6.10 Å².